The Morgan fingerprint density at radius 3 is 2.55 bits per heavy atom. The van der Waals surface area contributed by atoms with Crippen molar-refractivity contribution in [2.45, 2.75) is 19.3 Å². The van der Waals surface area contributed by atoms with Gasteiger partial charge in [-0.15, -0.1) is 0 Å². The number of Topliss-reactive ketones (excluding diaryl/α,β-unsaturated/α-hetero) is 1. The first kappa shape index (κ1) is 14.8. The third kappa shape index (κ3) is 2.65. The van der Waals surface area contributed by atoms with Crippen LogP contribution < -0.4 is 9.47 Å². The zero-order valence-electron chi connectivity index (χ0n) is 11.2. The van der Waals surface area contributed by atoms with E-state index < -0.39 is 5.97 Å². The summed E-state index contributed by atoms with van der Waals surface area (Å²) in [5.74, 6) is -0.126. The van der Waals surface area contributed by atoms with Crippen molar-refractivity contribution < 1.29 is 24.2 Å². The summed E-state index contributed by atoms with van der Waals surface area (Å²) >= 11 is 3.43. The molecule has 0 saturated carbocycles. The Morgan fingerprint density at radius 1 is 1.35 bits per heavy atom. The number of benzene rings is 1. The third-order valence-corrected chi connectivity index (χ3v) is 4.31. The molecule has 0 aromatic heterocycles. The highest BCUT2D eigenvalue weighted by atomic mass is 79.9. The second-order valence-electron chi connectivity index (χ2n) is 4.74. The van der Waals surface area contributed by atoms with Crippen LogP contribution in [0.1, 0.15) is 28.8 Å². The van der Waals surface area contributed by atoms with E-state index in [1.807, 2.05) is 0 Å². The summed E-state index contributed by atoms with van der Waals surface area (Å²) in [7, 11) is 3.03. The van der Waals surface area contributed by atoms with Crippen LogP contribution in [0.4, 0.5) is 0 Å². The molecule has 1 atom stereocenters. The summed E-state index contributed by atoms with van der Waals surface area (Å²) in [5.41, 5.74) is 1.30. The van der Waals surface area contributed by atoms with Gasteiger partial charge in [0, 0.05) is 18.9 Å². The van der Waals surface area contributed by atoms with Crippen molar-refractivity contribution in [3.8, 4) is 11.5 Å². The molecule has 0 radical (unpaired) electrons. The Balaban J connectivity index is 2.51. The Kier molecular flexibility index (Phi) is 4.32. The van der Waals surface area contributed by atoms with E-state index in [-0.39, 0.29) is 24.5 Å². The van der Waals surface area contributed by atoms with Crippen LogP contribution in [0, 0.1) is 5.92 Å². The number of hydrogen-bond acceptors (Lipinski definition) is 4. The van der Waals surface area contributed by atoms with Crippen molar-refractivity contribution in [2.24, 2.45) is 5.92 Å². The number of hydrogen-bond donors (Lipinski definition) is 1. The molecule has 0 amide bonds. The Morgan fingerprint density at radius 2 is 2.00 bits per heavy atom. The van der Waals surface area contributed by atoms with Crippen molar-refractivity contribution in [1.82, 2.24) is 0 Å². The Hall–Kier alpha value is -1.56. The molecule has 1 aliphatic carbocycles. The van der Waals surface area contributed by atoms with Crippen molar-refractivity contribution in [2.75, 3.05) is 14.2 Å². The fourth-order valence-corrected chi connectivity index (χ4v) is 3.22. The quantitative estimate of drug-likeness (QED) is 0.910. The van der Waals surface area contributed by atoms with Crippen LogP contribution in [0.5, 0.6) is 11.5 Å². The van der Waals surface area contributed by atoms with Crippen molar-refractivity contribution in [1.29, 1.82) is 0 Å². The van der Waals surface area contributed by atoms with Gasteiger partial charge < -0.3 is 14.6 Å². The summed E-state index contributed by atoms with van der Waals surface area (Å²) in [6.45, 7) is 0. The van der Waals surface area contributed by atoms with Crippen molar-refractivity contribution in [3.63, 3.8) is 0 Å². The number of rotatable bonds is 4. The molecule has 0 saturated heterocycles. The second kappa shape index (κ2) is 5.83. The smallest absolute Gasteiger partial charge is 0.303 e. The number of carbonyl (C=O) groups excluding carboxylic acids is 1. The summed E-state index contributed by atoms with van der Waals surface area (Å²) in [5, 5.41) is 8.90. The van der Waals surface area contributed by atoms with Gasteiger partial charge in [0.2, 0.25) is 0 Å². The van der Waals surface area contributed by atoms with Crippen LogP contribution in [0.3, 0.4) is 0 Å². The lowest BCUT2D eigenvalue weighted by Crippen LogP contribution is -2.23. The molecular formula is C14H15BrO5. The lowest BCUT2D eigenvalue weighted by molar-refractivity contribution is -0.138. The van der Waals surface area contributed by atoms with E-state index in [0.717, 1.165) is 5.56 Å². The van der Waals surface area contributed by atoms with Crippen LogP contribution >= 0.6 is 15.9 Å². The lowest BCUT2D eigenvalue weighted by Gasteiger charge is -2.26. The minimum atomic E-state index is -0.891. The predicted molar refractivity (Wildman–Crippen MR) is 75.6 cm³/mol. The van der Waals surface area contributed by atoms with E-state index >= 15 is 0 Å². The predicted octanol–water partition coefficient (Wildman–Crippen LogP) is 2.69. The molecule has 5 nitrogen and oxygen atoms in total. The normalized spacial score (nSPS) is 17.6. The second-order valence-corrected chi connectivity index (χ2v) is 5.54. The van der Waals surface area contributed by atoms with E-state index in [0.29, 0.717) is 28.0 Å². The van der Waals surface area contributed by atoms with Crippen LogP contribution in [0.15, 0.2) is 10.5 Å². The molecule has 0 spiro atoms. The van der Waals surface area contributed by atoms with Crippen LogP contribution in [-0.2, 0) is 11.2 Å². The highest BCUT2D eigenvalue weighted by molar-refractivity contribution is 9.10. The van der Waals surface area contributed by atoms with E-state index in [9.17, 15) is 9.59 Å². The topological polar surface area (TPSA) is 72.8 Å². The number of carbonyl (C=O) groups is 2. The maximum absolute atomic E-state index is 12.3. The largest absolute Gasteiger partial charge is 0.496 e. The van der Waals surface area contributed by atoms with Gasteiger partial charge in [-0.25, -0.2) is 0 Å². The number of ether oxygens (including phenoxy) is 2. The van der Waals surface area contributed by atoms with Crippen molar-refractivity contribution >= 4 is 27.7 Å². The highest BCUT2D eigenvalue weighted by Crippen LogP contribution is 2.42. The summed E-state index contributed by atoms with van der Waals surface area (Å²) in [4.78, 5) is 23.1. The van der Waals surface area contributed by atoms with Crippen molar-refractivity contribution in [3.05, 3.63) is 21.7 Å². The molecule has 108 valence electrons. The number of carboxylic acid groups (broad SMARTS) is 1. The number of ketones is 1. The molecule has 1 aromatic rings. The van der Waals surface area contributed by atoms with Gasteiger partial charge >= 0.3 is 5.97 Å². The third-order valence-electron chi connectivity index (χ3n) is 3.44. The van der Waals surface area contributed by atoms with Gasteiger partial charge in [0.15, 0.2) is 5.78 Å². The summed E-state index contributed by atoms with van der Waals surface area (Å²) < 4.78 is 11.2. The summed E-state index contributed by atoms with van der Waals surface area (Å²) in [6.07, 6.45) is 0.729. The standard InChI is InChI=1S/C14H15BrO5/c1-19-10-6-11(20-2)14(15)8-3-7(5-12(17)18)4-9(16)13(8)10/h6-7H,3-5H2,1-2H3,(H,17,18)/t7-/m0/s1. The Bertz CT molecular complexity index is 567. The first-order valence-corrected chi connectivity index (χ1v) is 6.95. The average molecular weight is 343 g/mol. The zero-order chi connectivity index (χ0) is 14.9. The van der Waals surface area contributed by atoms with Crippen LogP contribution in [0.25, 0.3) is 0 Å². The molecule has 0 fully saturated rings. The van der Waals surface area contributed by atoms with Gasteiger partial charge in [0.1, 0.15) is 11.5 Å². The molecular weight excluding hydrogens is 328 g/mol. The highest BCUT2D eigenvalue weighted by Gasteiger charge is 2.32. The van der Waals surface area contributed by atoms with Crippen LogP contribution in [-0.4, -0.2) is 31.1 Å². The summed E-state index contributed by atoms with van der Waals surface area (Å²) in [6, 6.07) is 1.67. The molecule has 6 heteroatoms. The minimum absolute atomic E-state index is 0.0167. The maximum atomic E-state index is 12.3. The molecule has 0 bridgehead atoms. The van der Waals surface area contributed by atoms with Gasteiger partial charge in [-0.05, 0) is 33.8 Å². The molecule has 0 heterocycles. The van der Waals surface area contributed by atoms with E-state index in [4.69, 9.17) is 14.6 Å². The molecule has 1 N–H and O–H groups in total. The maximum Gasteiger partial charge on any atom is 0.303 e. The number of fused-ring (bicyclic) bond motifs is 1. The van der Waals surface area contributed by atoms with Gasteiger partial charge in [-0.3, -0.25) is 9.59 Å². The molecule has 1 aromatic carbocycles. The number of halogens is 1. The molecule has 0 unspecified atom stereocenters. The van der Waals surface area contributed by atoms with Crippen LogP contribution in [0.2, 0.25) is 0 Å². The monoisotopic (exact) mass is 342 g/mol. The zero-order valence-corrected chi connectivity index (χ0v) is 12.8. The van der Waals surface area contributed by atoms with E-state index in [1.54, 1.807) is 6.07 Å². The number of carboxylic acids is 1. The SMILES string of the molecule is COc1cc(OC)c2c(c1Br)C[C@H](CC(=O)O)CC2=O. The average Bonchev–Trinajstić information content (AvgIpc) is 2.39. The minimum Gasteiger partial charge on any atom is -0.496 e. The fourth-order valence-electron chi connectivity index (χ4n) is 2.59. The molecule has 1 aliphatic rings. The molecule has 20 heavy (non-hydrogen) atoms. The van der Waals surface area contributed by atoms with E-state index in [2.05, 4.69) is 15.9 Å². The van der Waals surface area contributed by atoms with Gasteiger partial charge in [-0.2, -0.15) is 0 Å². The first-order valence-electron chi connectivity index (χ1n) is 6.16. The van der Waals surface area contributed by atoms with Gasteiger partial charge in [0.05, 0.1) is 24.3 Å². The first-order chi connectivity index (χ1) is 9.47. The lowest BCUT2D eigenvalue weighted by atomic mass is 9.81. The van der Waals surface area contributed by atoms with E-state index in [1.165, 1.54) is 14.2 Å². The number of aliphatic carboxylic acids is 1. The fraction of sp³-hybridized carbons (Fsp3) is 0.429. The molecule has 0 aliphatic heterocycles. The molecule has 2 rings (SSSR count). The van der Waals surface area contributed by atoms with Gasteiger partial charge in [-0.1, -0.05) is 0 Å². The Labute approximate surface area is 125 Å². The number of methoxy groups -OCH3 is 2. The van der Waals surface area contributed by atoms with Gasteiger partial charge in [0.25, 0.3) is 0 Å².